The third-order valence-corrected chi connectivity index (χ3v) is 2.75. The van der Waals surface area contributed by atoms with Crippen LogP contribution in [-0.4, -0.2) is 40.3 Å². The van der Waals surface area contributed by atoms with E-state index < -0.39 is 29.2 Å². The number of carboxylic acids is 1. The first kappa shape index (κ1) is 21.9. The molecule has 0 radical (unpaired) electrons. The van der Waals surface area contributed by atoms with Gasteiger partial charge in [-0.3, -0.25) is 5.32 Å². The van der Waals surface area contributed by atoms with E-state index >= 15 is 0 Å². The highest BCUT2D eigenvalue weighted by molar-refractivity contribution is 6.07. The molecule has 27 heavy (non-hydrogen) atoms. The van der Waals surface area contributed by atoms with Crippen LogP contribution in [-0.2, 0) is 9.47 Å². The highest BCUT2D eigenvalue weighted by Gasteiger charge is 2.26. The lowest BCUT2D eigenvalue weighted by atomic mass is 10.0. The third-order valence-electron chi connectivity index (χ3n) is 2.75. The van der Waals surface area contributed by atoms with Gasteiger partial charge >= 0.3 is 18.0 Å². The lowest BCUT2D eigenvalue weighted by molar-refractivity contribution is 0.00667. The molecule has 1 rings (SSSR count). The predicted octanol–water partition coefficient (Wildman–Crippen LogP) is 2.81. The number of nitrogens with two attached hydrogens (primary N) is 1. The highest BCUT2D eigenvalue weighted by Crippen LogP contribution is 2.26. The van der Waals surface area contributed by atoms with Gasteiger partial charge in [-0.2, -0.15) is 0 Å². The molecule has 1 aromatic rings. The number of carboxylic acid groups (broad SMARTS) is 1. The summed E-state index contributed by atoms with van der Waals surface area (Å²) in [7, 11) is 0. The number of nitrogens with one attached hydrogen (secondary N) is 1. The number of benzene rings is 1. The fourth-order valence-electron chi connectivity index (χ4n) is 1.92. The van der Waals surface area contributed by atoms with Gasteiger partial charge in [0, 0.05) is 0 Å². The standard InChI is InChI=1S/C18H25N3O6/c1-17(2,3)26-14(24)12-10(13(22)23)8-7-9-11(12)20-15(19)21-16(25)27-18(4,5)6/h7-9H,1-6H3,(H,22,23)(H3,19,20,21,25). The first-order valence-electron chi connectivity index (χ1n) is 8.13. The Balaban J connectivity index is 3.27. The molecule has 0 unspecified atom stereocenters. The van der Waals surface area contributed by atoms with Gasteiger partial charge in [0.1, 0.15) is 11.2 Å². The van der Waals surface area contributed by atoms with Crippen molar-refractivity contribution in [2.75, 3.05) is 0 Å². The van der Waals surface area contributed by atoms with E-state index in [1.165, 1.54) is 18.2 Å². The second-order valence-corrected chi connectivity index (χ2v) is 7.63. The third kappa shape index (κ3) is 7.35. The van der Waals surface area contributed by atoms with Crippen LogP contribution in [0.25, 0.3) is 0 Å². The number of hydrogen-bond donors (Lipinski definition) is 3. The molecule has 0 aliphatic rings. The van der Waals surface area contributed by atoms with E-state index in [1.54, 1.807) is 41.5 Å². The van der Waals surface area contributed by atoms with Gasteiger partial charge in [0.15, 0.2) is 0 Å². The van der Waals surface area contributed by atoms with Crippen LogP contribution in [0.15, 0.2) is 23.2 Å². The van der Waals surface area contributed by atoms with E-state index in [4.69, 9.17) is 15.2 Å². The average molecular weight is 379 g/mol. The van der Waals surface area contributed by atoms with Crippen LogP contribution in [0.5, 0.6) is 0 Å². The van der Waals surface area contributed by atoms with E-state index in [2.05, 4.69) is 10.3 Å². The molecule has 0 aromatic heterocycles. The quantitative estimate of drug-likeness (QED) is 0.416. The average Bonchev–Trinajstić information content (AvgIpc) is 2.42. The molecule has 9 heteroatoms. The maximum absolute atomic E-state index is 12.5. The summed E-state index contributed by atoms with van der Waals surface area (Å²) in [5.41, 5.74) is 3.48. The number of nitrogens with zero attached hydrogens (tertiary/aromatic N) is 1. The number of hydrogen-bond acceptors (Lipinski definition) is 6. The van der Waals surface area contributed by atoms with Gasteiger partial charge in [-0.25, -0.2) is 19.4 Å². The predicted molar refractivity (Wildman–Crippen MR) is 99.2 cm³/mol. The first-order chi connectivity index (χ1) is 12.2. The summed E-state index contributed by atoms with van der Waals surface area (Å²) in [6, 6.07) is 4.03. The van der Waals surface area contributed by atoms with Gasteiger partial charge in [0.2, 0.25) is 5.96 Å². The van der Waals surface area contributed by atoms with Gasteiger partial charge in [-0.05, 0) is 53.7 Å². The highest BCUT2D eigenvalue weighted by atomic mass is 16.6. The SMILES string of the molecule is CC(C)(C)OC(=O)NC(N)=Nc1cccc(C(=O)O)c1C(=O)OC(C)(C)C. The fourth-order valence-corrected chi connectivity index (χ4v) is 1.92. The minimum atomic E-state index is -1.33. The van der Waals surface area contributed by atoms with Gasteiger partial charge in [0.05, 0.1) is 16.8 Å². The largest absolute Gasteiger partial charge is 0.478 e. The summed E-state index contributed by atoms with van der Waals surface area (Å²) in [4.78, 5) is 39.7. The zero-order chi connectivity index (χ0) is 21.0. The Morgan fingerprint density at radius 1 is 1.04 bits per heavy atom. The van der Waals surface area contributed by atoms with Crippen molar-refractivity contribution in [1.29, 1.82) is 0 Å². The molecule has 0 spiro atoms. The van der Waals surface area contributed by atoms with Crippen LogP contribution in [0.2, 0.25) is 0 Å². The van der Waals surface area contributed by atoms with E-state index in [0.717, 1.165) is 0 Å². The van der Waals surface area contributed by atoms with Gasteiger partial charge in [0.25, 0.3) is 0 Å². The van der Waals surface area contributed by atoms with Crippen LogP contribution < -0.4 is 11.1 Å². The van der Waals surface area contributed by atoms with Gasteiger partial charge < -0.3 is 20.3 Å². The number of aliphatic imine (C=N–C) groups is 1. The molecule has 0 fully saturated rings. The maximum Gasteiger partial charge on any atom is 0.414 e. The Morgan fingerprint density at radius 3 is 2.07 bits per heavy atom. The topological polar surface area (TPSA) is 140 Å². The van der Waals surface area contributed by atoms with E-state index in [9.17, 15) is 19.5 Å². The minimum Gasteiger partial charge on any atom is -0.478 e. The smallest absolute Gasteiger partial charge is 0.414 e. The molecule has 0 atom stereocenters. The van der Waals surface area contributed by atoms with Crippen LogP contribution >= 0.6 is 0 Å². The Hall–Kier alpha value is -3.10. The van der Waals surface area contributed by atoms with E-state index in [0.29, 0.717) is 0 Å². The molecule has 0 aliphatic heterocycles. The summed E-state index contributed by atoms with van der Waals surface area (Å²) >= 11 is 0. The molecule has 1 aromatic carbocycles. The molecular formula is C18H25N3O6. The molecule has 0 saturated carbocycles. The summed E-state index contributed by atoms with van der Waals surface area (Å²) in [5, 5.41) is 11.6. The number of carbonyl (C=O) groups excluding carboxylic acids is 2. The molecule has 9 nitrogen and oxygen atoms in total. The summed E-state index contributed by atoms with van der Waals surface area (Å²) in [6.07, 6.45) is -0.836. The molecule has 0 heterocycles. The van der Waals surface area contributed by atoms with Crippen molar-refractivity contribution in [3.63, 3.8) is 0 Å². The summed E-state index contributed by atoms with van der Waals surface area (Å²) < 4.78 is 10.3. The Bertz CT molecular complexity index is 772. The lowest BCUT2D eigenvalue weighted by Gasteiger charge is -2.21. The Morgan fingerprint density at radius 2 is 1.59 bits per heavy atom. The monoisotopic (exact) mass is 379 g/mol. The number of rotatable bonds is 3. The van der Waals surface area contributed by atoms with Crippen LogP contribution in [0.4, 0.5) is 10.5 Å². The molecule has 0 saturated heterocycles. The van der Waals surface area contributed by atoms with Crippen molar-refractivity contribution in [3.8, 4) is 0 Å². The first-order valence-corrected chi connectivity index (χ1v) is 8.13. The van der Waals surface area contributed by atoms with Gasteiger partial charge in [-0.1, -0.05) is 6.07 Å². The second kappa shape index (κ2) is 8.07. The fraction of sp³-hybridized carbons (Fsp3) is 0.444. The molecular weight excluding hydrogens is 354 g/mol. The summed E-state index contributed by atoms with van der Waals surface area (Å²) in [6.45, 7) is 9.98. The number of amides is 1. The van der Waals surface area contributed by atoms with E-state index in [-0.39, 0.29) is 22.8 Å². The number of guanidine groups is 1. The number of aromatic carboxylic acids is 1. The number of ether oxygens (including phenoxy) is 2. The van der Waals surface area contributed by atoms with Crippen molar-refractivity contribution < 1.29 is 29.0 Å². The maximum atomic E-state index is 12.5. The van der Waals surface area contributed by atoms with Crippen molar-refractivity contribution in [3.05, 3.63) is 29.3 Å². The molecule has 0 bridgehead atoms. The van der Waals surface area contributed by atoms with Crippen molar-refractivity contribution in [2.45, 2.75) is 52.7 Å². The zero-order valence-electron chi connectivity index (χ0n) is 16.2. The Kier molecular flexibility index (Phi) is 6.56. The van der Waals surface area contributed by atoms with Crippen LogP contribution in [0, 0.1) is 0 Å². The minimum absolute atomic E-state index is 0.0577. The molecule has 1 amide bonds. The lowest BCUT2D eigenvalue weighted by Crippen LogP contribution is -2.40. The van der Waals surface area contributed by atoms with Crippen LogP contribution in [0.1, 0.15) is 62.3 Å². The molecule has 4 N–H and O–H groups in total. The Labute approximate surface area is 157 Å². The van der Waals surface area contributed by atoms with Crippen molar-refractivity contribution in [2.24, 2.45) is 10.7 Å². The van der Waals surface area contributed by atoms with Crippen molar-refractivity contribution in [1.82, 2.24) is 5.32 Å². The number of alkyl carbamates (subject to hydrolysis) is 1. The molecule has 0 aliphatic carbocycles. The van der Waals surface area contributed by atoms with Crippen LogP contribution in [0.3, 0.4) is 0 Å². The summed E-state index contributed by atoms with van der Waals surface area (Å²) in [5.74, 6) is -2.56. The van der Waals surface area contributed by atoms with E-state index in [1.807, 2.05) is 0 Å². The number of esters is 1. The zero-order valence-corrected chi connectivity index (χ0v) is 16.2. The molecule has 148 valence electrons. The van der Waals surface area contributed by atoms with Gasteiger partial charge in [-0.15, -0.1) is 0 Å². The normalized spacial score (nSPS) is 12.3. The second-order valence-electron chi connectivity index (χ2n) is 7.63. The van der Waals surface area contributed by atoms with Crippen molar-refractivity contribution >= 4 is 29.7 Å². The number of carbonyl (C=O) groups is 3.